The Morgan fingerprint density at radius 1 is 1.06 bits per heavy atom. The minimum atomic E-state index is -0.386. The van der Waals surface area contributed by atoms with Crippen LogP contribution in [0.15, 0.2) is 41.4 Å². The number of piperidine rings is 2. The molecule has 9 heteroatoms. The molecule has 6 nitrogen and oxygen atoms in total. The third-order valence-corrected chi connectivity index (χ3v) is 7.96. The van der Waals surface area contributed by atoms with Crippen molar-refractivity contribution in [2.45, 2.75) is 37.1 Å². The molecule has 2 aromatic rings. The molecular formula is C24H28F2N4O2S. The predicted octanol–water partition coefficient (Wildman–Crippen LogP) is 4.70. The molecule has 3 aliphatic heterocycles. The lowest BCUT2D eigenvalue weighted by Gasteiger charge is -2.47. The van der Waals surface area contributed by atoms with Crippen molar-refractivity contribution in [3.63, 3.8) is 0 Å². The molecule has 0 N–H and O–H groups in total. The first kappa shape index (κ1) is 22.6. The molecule has 0 bridgehead atoms. The standard InChI is InChI=1S/C24H28F2N4O2S/c25-19-2-4-21(26)18(14-19)16-28-10-7-24(8-11-28)6-1-9-29(17-24)33-20-3-5-22(27-15-20)30-12-13-32-23(30)31/h2-5,14-15H,1,6-13,16-17H2. The molecular weight excluding hydrogens is 446 g/mol. The van der Waals surface area contributed by atoms with E-state index in [1.54, 1.807) is 16.8 Å². The summed E-state index contributed by atoms with van der Waals surface area (Å²) in [6, 6.07) is 7.57. The van der Waals surface area contributed by atoms with Crippen LogP contribution < -0.4 is 4.90 Å². The SMILES string of the molecule is O=C1OCCN1c1ccc(SN2CCCC3(CCN(Cc4cc(F)ccc4F)CC3)C2)cn1. The normalized spacial score (nSPS) is 21.5. The van der Waals surface area contributed by atoms with E-state index in [9.17, 15) is 13.6 Å². The molecule has 0 radical (unpaired) electrons. The monoisotopic (exact) mass is 474 g/mol. The third-order valence-electron chi connectivity index (χ3n) is 6.94. The number of rotatable bonds is 5. The molecule has 3 fully saturated rings. The van der Waals surface area contributed by atoms with Crippen molar-refractivity contribution in [1.82, 2.24) is 14.2 Å². The lowest BCUT2D eigenvalue weighted by molar-refractivity contribution is 0.0521. The lowest BCUT2D eigenvalue weighted by atomic mass is 9.73. The average molecular weight is 475 g/mol. The highest BCUT2D eigenvalue weighted by Crippen LogP contribution is 2.43. The van der Waals surface area contributed by atoms with E-state index in [1.165, 1.54) is 24.6 Å². The largest absolute Gasteiger partial charge is 0.447 e. The Labute approximate surface area is 197 Å². The number of nitrogens with zero attached hydrogens (tertiary/aromatic N) is 4. The number of pyridine rings is 1. The van der Waals surface area contributed by atoms with Crippen LogP contribution in [0.2, 0.25) is 0 Å². The molecule has 3 saturated heterocycles. The van der Waals surface area contributed by atoms with Gasteiger partial charge in [0.15, 0.2) is 0 Å². The number of halogens is 2. The summed E-state index contributed by atoms with van der Waals surface area (Å²) in [5.41, 5.74) is 0.708. The third kappa shape index (κ3) is 5.15. The van der Waals surface area contributed by atoms with Crippen LogP contribution in [0.25, 0.3) is 0 Å². The Balaban J connectivity index is 1.16. The van der Waals surface area contributed by atoms with Gasteiger partial charge in [-0.2, -0.15) is 0 Å². The number of ether oxygens (including phenoxy) is 1. The predicted molar refractivity (Wildman–Crippen MR) is 123 cm³/mol. The summed E-state index contributed by atoms with van der Waals surface area (Å²) < 4.78 is 34.9. The zero-order valence-corrected chi connectivity index (χ0v) is 19.3. The second-order valence-electron chi connectivity index (χ2n) is 9.19. The Bertz CT molecular complexity index is 998. The second kappa shape index (κ2) is 9.56. The first-order valence-electron chi connectivity index (χ1n) is 11.5. The highest BCUT2D eigenvalue weighted by Gasteiger charge is 2.38. The number of hydrogen-bond donors (Lipinski definition) is 0. The van der Waals surface area contributed by atoms with Gasteiger partial charge in [-0.05, 0) is 86.5 Å². The van der Waals surface area contributed by atoms with Gasteiger partial charge in [0.25, 0.3) is 0 Å². The topological polar surface area (TPSA) is 48.9 Å². The fraction of sp³-hybridized carbons (Fsp3) is 0.500. The fourth-order valence-corrected chi connectivity index (χ4v) is 6.16. The molecule has 1 aromatic heterocycles. The van der Waals surface area contributed by atoms with Crippen LogP contribution in [0.1, 0.15) is 31.2 Å². The van der Waals surface area contributed by atoms with Crippen molar-refractivity contribution < 1.29 is 18.3 Å². The molecule has 5 rings (SSSR count). The van der Waals surface area contributed by atoms with Crippen LogP contribution in [0.4, 0.5) is 19.4 Å². The molecule has 4 heterocycles. The van der Waals surface area contributed by atoms with Gasteiger partial charge in [-0.15, -0.1) is 0 Å². The maximum absolute atomic E-state index is 14.0. The molecule has 0 unspecified atom stereocenters. The van der Waals surface area contributed by atoms with E-state index < -0.39 is 0 Å². The van der Waals surface area contributed by atoms with Crippen molar-refractivity contribution in [2.24, 2.45) is 5.41 Å². The highest BCUT2D eigenvalue weighted by atomic mass is 32.2. The molecule has 1 spiro atoms. The summed E-state index contributed by atoms with van der Waals surface area (Å²) in [6.45, 7) is 5.25. The minimum Gasteiger partial charge on any atom is -0.447 e. The average Bonchev–Trinajstić information content (AvgIpc) is 3.24. The van der Waals surface area contributed by atoms with Gasteiger partial charge >= 0.3 is 6.09 Å². The van der Waals surface area contributed by atoms with E-state index >= 15 is 0 Å². The summed E-state index contributed by atoms with van der Waals surface area (Å²) in [5.74, 6) is -0.0973. The van der Waals surface area contributed by atoms with Gasteiger partial charge in [-0.3, -0.25) is 9.80 Å². The first-order valence-corrected chi connectivity index (χ1v) is 12.3. The fourth-order valence-electron chi connectivity index (χ4n) is 5.08. The van der Waals surface area contributed by atoms with Gasteiger partial charge in [-0.25, -0.2) is 22.9 Å². The molecule has 1 aromatic carbocycles. The summed E-state index contributed by atoms with van der Waals surface area (Å²) in [7, 11) is 0. The van der Waals surface area contributed by atoms with E-state index in [0.29, 0.717) is 31.1 Å². The number of aromatic nitrogens is 1. The maximum atomic E-state index is 14.0. The lowest BCUT2D eigenvalue weighted by Crippen LogP contribution is -2.47. The molecule has 0 atom stereocenters. The Kier molecular flexibility index (Phi) is 6.53. The number of carbonyl (C=O) groups is 1. The van der Waals surface area contributed by atoms with Crippen LogP contribution in [0, 0.1) is 17.0 Å². The molecule has 176 valence electrons. The van der Waals surface area contributed by atoms with Crippen LogP contribution in [-0.4, -0.2) is 59.6 Å². The van der Waals surface area contributed by atoms with E-state index in [-0.39, 0.29) is 23.1 Å². The number of hydrogen-bond acceptors (Lipinski definition) is 6. The van der Waals surface area contributed by atoms with Gasteiger partial charge in [0.2, 0.25) is 0 Å². The zero-order chi connectivity index (χ0) is 22.8. The van der Waals surface area contributed by atoms with Crippen LogP contribution in [0.5, 0.6) is 0 Å². The van der Waals surface area contributed by atoms with Crippen molar-refractivity contribution in [2.75, 3.05) is 44.2 Å². The van der Waals surface area contributed by atoms with Gasteiger partial charge in [0.05, 0.1) is 6.54 Å². The number of carbonyl (C=O) groups excluding carboxylic acids is 1. The van der Waals surface area contributed by atoms with Crippen molar-refractivity contribution in [1.29, 1.82) is 0 Å². The molecule has 33 heavy (non-hydrogen) atoms. The van der Waals surface area contributed by atoms with Gasteiger partial charge in [0.1, 0.15) is 24.1 Å². The van der Waals surface area contributed by atoms with Gasteiger partial charge in [-0.1, -0.05) is 0 Å². The molecule has 0 saturated carbocycles. The van der Waals surface area contributed by atoms with Crippen LogP contribution in [0.3, 0.4) is 0 Å². The molecule has 0 aliphatic carbocycles. The Morgan fingerprint density at radius 2 is 1.91 bits per heavy atom. The summed E-state index contributed by atoms with van der Waals surface area (Å²) in [4.78, 5) is 21.0. The quantitative estimate of drug-likeness (QED) is 0.586. The van der Waals surface area contributed by atoms with Gasteiger partial charge in [0, 0.05) is 36.3 Å². The maximum Gasteiger partial charge on any atom is 0.415 e. The summed E-state index contributed by atoms with van der Waals surface area (Å²) in [5, 5.41) is 0. The number of benzene rings is 1. The number of amides is 1. The Hall–Kier alpha value is -2.23. The zero-order valence-electron chi connectivity index (χ0n) is 18.5. The van der Waals surface area contributed by atoms with E-state index in [2.05, 4.69) is 14.2 Å². The summed E-state index contributed by atoms with van der Waals surface area (Å²) in [6.07, 6.45) is 5.97. The smallest absolute Gasteiger partial charge is 0.415 e. The number of anilines is 1. The highest BCUT2D eigenvalue weighted by molar-refractivity contribution is 7.97. The van der Waals surface area contributed by atoms with E-state index in [1.807, 2.05) is 18.3 Å². The first-order chi connectivity index (χ1) is 16.0. The van der Waals surface area contributed by atoms with Crippen molar-refractivity contribution in [3.8, 4) is 0 Å². The number of cyclic esters (lactones) is 1. The van der Waals surface area contributed by atoms with Gasteiger partial charge < -0.3 is 4.74 Å². The summed E-state index contributed by atoms with van der Waals surface area (Å²) >= 11 is 1.72. The Morgan fingerprint density at radius 3 is 2.64 bits per heavy atom. The second-order valence-corrected chi connectivity index (χ2v) is 10.4. The van der Waals surface area contributed by atoms with Crippen LogP contribution in [-0.2, 0) is 11.3 Å². The van der Waals surface area contributed by atoms with Crippen LogP contribution >= 0.6 is 11.9 Å². The minimum absolute atomic E-state index is 0.273. The molecule has 1 amide bonds. The molecule has 3 aliphatic rings. The van der Waals surface area contributed by atoms with Crippen molar-refractivity contribution >= 4 is 23.9 Å². The number of likely N-dealkylation sites (tertiary alicyclic amines) is 1. The van der Waals surface area contributed by atoms with Crippen molar-refractivity contribution in [3.05, 3.63) is 53.7 Å². The van der Waals surface area contributed by atoms with E-state index in [0.717, 1.165) is 50.3 Å². The van der Waals surface area contributed by atoms with E-state index in [4.69, 9.17) is 4.74 Å².